The molecule has 1 unspecified atom stereocenters. The van der Waals surface area contributed by atoms with E-state index in [1.54, 1.807) is 0 Å². The number of hydrogen-bond acceptors (Lipinski definition) is 1. The van der Waals surface area contributed by atoms with Gasteiger partial charge in [0.05, 0.1) is 0 Å². The summed E-state index contributed by atoms with van der Waals surface area (Å²) < 4.78 is 0. The first kappa shape index (κ1) is 10.6. The highest BCUT2D eigenvalue weighted by atomic mass is 79.9. The molecule has 1 aliphatic heterocycles. The molecule has 1 amide bonds. The van der Waals surface area contributed by atoms with E-state index < -0.39 is 0 Å². The van der Waals surface area contributed by atoms with E-state index in [0.29, 0.717) is 5.41 Å². The Hall–Kier alpha value is -0.490. The molecular formula is C10H14BrNO. The summed E-state index contributed by atoms with van der Waals surface area (Å²) in [6.07, 6.45) is 2.22. The lowest BCUT2D eigenvalue weighted by molar-refractivity contribution is -0.124. The highest BCUT2D eigenvalue weighted by Gasteiger charge is 2.33. The molecule has 3 heteroatoms. The van der Waals surface area contributed by atoms with Crippen LogP contribution in [0.1, 0.15) is 26.7 Å². The van der Waals surface area contributed by atoms with Crippen LogP contribution < -0.4 is 0 Å². The van der Waals surface area contributed by atoms with Gasteiger partial charge in [-0.3, -0.25) is 4.79 Å². The predicted molar refractivity (Wildman–Crippen MR) is 56.3 cm³/mol. The second kappa shape index (κ2) is 4.15. The number of likely N-dealkylation sites (tertiary alicyclic amines) is 1. The first-order valence-corrected chi connectivity index (χ1v) is 5.31. The van der Waals surface area contributed by atoms with E-state index in [1.807, 2.05) is 4.90 Å². The fourth-order valence-corrected chi connectivity index (χ4v) is 1.77. The van der Waals surface area contributed by atoms with Crippen molar-refractivity contribution in [3.8, 4) is 10.8 Å². The summed E-state index contributed by atoms with van der Waals surface area (Å²) in [6.45, 7) is 6.10. The van der Waals surface area contributed by atoms with Gasteiger partial charge in [-0.05, 0) is 23.1 Å². The van der Waals surface area contributed by atoms with Crippen LogP contribution in [0.4, 0.5) is 0 Å². The number of amides is 1. The molecule has 1 atom stereocenters. The molecule has 1 rings (SSSR count). The quantitative estimate of drug-likeness (QED) is 0.646. The minimum absolute atomic E-state index is 0.0611. The molecule has 1 saturated heterocycles. The Morgan fingerprint density at radius 1 is 1.69 bits per heavy atom. The number of carbonyl (C=O) groups is 1. The molecule has 0 aromatic rings. The highest BCUT2D eigenvalue weighted by Crippen LogP contribution is 2.32. The Kier molecular flexibility index (Phi) is 3.38. The lowest BCUT2D eigenvalue weighted by atomic mass is 9.87. The molecule has 0 N–H and O–H groups in total. The van der Waals surface area contributed by atoms with Gasteiger partial charge in [-0.25, -0.2) is 0 Å². The summed E-state index contributed by atoms with van der Waals surface area (Å²) in [7, 11) is 0. The largest absolute Gasteiger partial charge is 0.331 e. The topological polar surface area (TPSA) is 20.3 Å². The van der Waals surface area contributed by atoms with Crippen molar-refractivity contribution in [3.05, 3.63) is 0 Å². The molecule has 0 aromatic heterocycles. The van der Waals surface area contributed by atoms with Crippen LogP contribution in [0.3, 0.4) is 0 Å². The third kappa shape index (κ3) is 2.47. The number of hydrogen-bond donors (Lipinski definition) is 0. The third-order valence-corrected chi connectivity index (χ3v) is 3.05. The molecule has 1 aliphatic rings. The van der Waals surface area contributed by atoms with Crippen molar-refractivity contribution in [2.45, 2.75) is 26.7 Å². The molecule has 0 spiro atoms. The molecule has 0 aromatic carbocycles. The van der Waals surface area contributed by atoms with Gasteiger partial charge in [-0.1, -0.05) is 13.8 Å². The Morgan fingerprint density at radius 2 is 2.38 bits per heavy atom. The Morgan fingerprint density at radius 3 is 2.85 bits per heavy atom. The second-order valence-corrected chi connectivity index (χ2v) is 4.26. The van der Waals surface area contributed by atoms with Crippen LogP contribution in [0.15, 0.2) is 0 Å². The van der Waals surface area contributed by atoms with Gasteiger partial charge in [0, 0.05) is 34.9 Å². The minimum atomic E-state index is -0.0611. The van der Waals surface area contributed by atoms with Gasteiger partial charge in [0.2, 0.25) is 0 Å². The first-order chi connectivity index (χ1) is 6.11. The zero-order valence-electron chi connectivity index (χ0n) is 8.06. The van der Waals surface area contributed by atoms with Crippen molar-refractivity contribution in [1.82, 2.24) is 4.90 Å². The van der Waals surface area contributed by atoms with Crippen molar-refractivity contribution >= 4 is 21.8 Å². The summed E-state index contributed by atoms with van der Waals surface area (Å²) in [5, 5.41) is 0. The molecule has 13 heavy (non-hydrogen) atoms. The van der Waals surface area contributed by atoms with Crippen molar-refractivity contribution in [2.75, 3.05) is 13.1 Å². The van der Waals surface area contributed by atoms with Gasteiger partial charge in [0.1, 0.15) is 0 Å². The maximum atomic E-state index is 11.4. The number of nitrogens with zero attached hydrogens (tertiary/aromatic N) is 1. The van der Waals surface area contributed by atoms with E-state index in [-0.39, 0.29) is 5.91 Å². The van der Waals surface area contributed by atoms with Crippen LogP contribution in [-0.4, -0.2) is 23.9 Å². The molecular weight excluding hydrogens is 230 g/mol. The van der Waals surface area contributed by atoms with Crippen LogP contribution in [0, 0.1) is 16.2 Å². The molecule has 0 bridgehead atoms. The van der Waals surface area contributed by atoms with Gasteiger partial charge in [0.25, 0.3) is 5.91 Å². The van der Waals surface area contributed by atoms with E-state index in [2.05, 4.69) is 40.5 Å². The molecule has 0 radical (unpaired) electrons. The Labute approximate surface area is 87.8 Å². The molecule has 0 aliphatic carbocycles. The van der Waals surface area contributed by atoms with Gasteiger partial charge < -0.3 is 4.90 Å². The van der Waals surface area contributed by atoms with E-state index in [4.69, 9.17) is 0 Å². The molecule has 1 fully saturated rings. The van der Waals surface area contributed by atoms with Crippen molar-refractivity contribution in [1.29, 1.82) is 0 Å². The molecule has 0 saturated carbocycles. The van der Waals surface area contributed by atoms with Crippen molar-refractivity contribution in [2.24, 2.45) is 5.41 Å². The molecule has 72 valence electrons. The Balaban J connectivity index is 2.58. The Bertz CT molecular complexity index is 266. The van der Waals surface area contributed by atoms with Crippen LogP contribution >= 0.6 is 15.9 Å². The second-order valence-electron chi connectivity index (χ2n) is 3.86. The first-order valence-electron chi connectivity index (χ1n) is 4.52. The lowest BCUT2D eigenvalue weighted by Gasteiger charge is -2.21. The predicted octanol–water partition coefficient (Wildman–Crippen LogP) is 1.99. The zero-order chi connectivity index (χ0) is 9.90. The summed E-state index contributed by atoms with van der Waals surface area (Å²) >= 11 is 2.93. The van der Waals surface area contributed by atoms with Gasteiger partial charge >= 0.3 is 0 Å². The minimum Gasteiger partial charge on any atom is -0.331 e. The SMILES string of the molecule is CCC1(C)CCN(C(=O)C#CBr)C1. The highest BCUT2D eigenvalue weighted by molar-refractivity contribution is 9.12. The van der Waals surface area contributed by atoms with Crippen molar-refractivity contribution in [3.63, 3.8) is 0 Å². The summed E-state index contributed by atoms with van der Waals surface area (Å²) in [6, 6.07) is 0. The normalized spacial score (nSPS) is 26.8. The smallest absolute Gasteiger partial charge is 0.299 e. The third-order valence-electron chi connectivity index (χ3n) is 2.85. The molecule has 2 nitrogen and oxygen atoms in total. The summed E-state index contributed by atoms with van der Waals surface area (Å²) in [5.74, 6) is 2.44. The fourth-order valence-electron chi connectivity index (χ4n) is 1.61. The maximum absolute atomic E-state index is 11.4. The van der Waals surface area contributed by atoms with Crippen LogP contribution in [0.2, 0.25) is 0 Å². The average molecular weight is 244 g/mol. The van der Waals surface area contributed by atoms with Crippen LogP contribution in [-0.2, 0) is 4.79 Å². The lowest BCUT2D eigenvalue weighted by Crippen LogP contribution is -2.29. The number of halogens is 1. The van der Waals surface area contributed by atoms with Crippen molar-refractivity contribution < 1.29 is 4.79 Å². The average Bonchev–Trinajstić information content (AvgIpc) is 2.50. The molecule has 1 heterocycles. The maximum Gasteiger partial charge on any atom is 0.299 e. The zero-order valence-corrected chi connectivity index (χ0v) is 9.65. The van der Waals surface area contributed by atoms with E-state index >= 15 is 0 Å². The van der Waals surface area contributed by atoms with E-state index in [0.717, 1.165) is 25.9 Å². The monoisotopic (exact) mass is 243 g/mol. The number of carbonyl (C=O) groups excluding carboxylic acids is 1. The van der Waals surface area contributed by atoms with E-state index in [9.17, 15) is 4.79 Å². The summed E-state index contributed by atoms with van der Waals surface area (Å²) in [4.78, 5) is 15.7. The van der Waals surface area contributed by atoms with Crippen LogP contribution in [0.5, 0.6) is 0 Å². The van der Waals surface area contributed by atoms with E-state index in [1.165, 1.54) is 0 Å². The number of rotatable bonds is 1. The fraction of sp³-hybridized carbons (Fsp3) is 0.700. The van der Waals surface area contributed by atoms with Crippen LogP contribution in [0.25, 0.3) is 0 Å². The summed E-state index contributed by atoms with van der Waals surface area (Å²) in [5.41, 5.74) is 0.309. The van der Waals surface area contributed by atoms with Gasteiger partial charge in [0.15, 0.2) is 0 Å². The standard InChI is InChI=1S/C10H14BrNO/c1-3-10(2)5-7-12(8-10)9(13)4-6-11/h3,5,7-8H2,1-2H3. The van der Waals surface area contributed by atoms with Gasteiger partial charge in [-0.2, -0.15) is 0 Å². The van der Waals surface area contributed by atoms with Gasteiger partial charge in [-0.15, -0.1) is 0 Å².